The first-order valence-corrected chi connectivity index (χ1v) is 6.20. The lowest BCUT2D eigenvalue weighted by Crippen LogP contribution is -2.21. The molecule has 0 radical (unpaired) electrons. The van der Waals surface area contributed by atoms with Gasteiger partial charge in [-0.1, -0.05) is 6.92 Å². The van der Waals surface area contributed by atoms with E-state index < -0.39 is 9.73 Å². The van der Waals surface area contributed by atoms with Gasteiger partial charge in [0, 0.05) is 27.8 Å². The van der Waals surface area contributed by atoms with Crippen LogP contribution in [-0.2, 0) is 9.73 Å². The molecule has 0 saturated carbocycles. The van der Waals surface area contributed by atoms with E-state index in [1.54, 1.807) is 0 Å². The molecule has 1 heterocycles. The first kappa shape index (κ1) is 9.04. The molecule has 0 atom stereocenters. The van der Waals surface area contributed by atoms with Crippen LogP contribution in [-0.4, -0.2) is 22.3 Å². The van der Waals surface area contributed by atoms with Gasteiger partial charge in [-0.05, 0) is 25.7 Å². The first-order valence-electron chi connectivity index (χ1n) is 4.34. The highest BCUT2D eigenvalue weighted by atomic mass is 32.2. The van der Waals surface area contributed by atoms with E-state index >= 15 is 0 Å². The molecule has 1 aliphatic heterocycles. The Bertz CT molecular complexity index is 214. The Morgan fingerprint density at radius 2 is 2.00 bits per heavy atom. The van der Waals surface area contributed by atoms with Crippen LogP contribution in [0.2, 0.25) is 0 Å². The molecule has 0 unspecified atom stereocenters. The Hall–Kier alpha value is -0.0500. The van der Waals surface area contributed by atoms with Crippen molar-refractivity contribution in [1.82, 2.24) is 0 Å². The zero-order valence-electron chi connectivity index (χ0n) is 7.38. The van der Waals surface area contributed by atoms with E-state index in [0.717, 1.165) is 30.3 Å². The summed E-state index contributed by atoms with van der Waals surface area (Å²) in [6.45, 7) is 4.91. The molecule has 66 valence electrons. The summed E-state index contributed by atoms with van der Waals surface area (Å²) in [4.78, 5) is 0. The van der Waals surface area contributed by atoms with Gasteiger partial charge in [0.15, 0.2) is 0 Å². The van der Waals surface area contributed by atoms with Gasteiger partial charge < -0.3 is 0 Å². The molecule has 0 N–H and O–H groups in total. The van der Waals surface area contributed by atoms with Gasteiger partial charge in [-0.2, -0.15) is 0 Å². The molecule has 11 heavy (non-hydrogen) atoms. The minimum atomic E-state index is -1.75. The highest BCUT2D eigenvalue weighted by molar-refractivity contribution is 7.93. The zero-order chi connectivity index (χ0) is 8.32. The van der Waals surface area contributed by atoms with E-state index in [4.69, 9.17) is 0 Å². The topological polar surface area (TPSA) is 29.4 Å². The molecule has 1 aliphatic rings. The quantitative estimate of drug-likeness (QED) is 0.598. The summed E-state index contributed by atoms with van der Waals surface area (Å²) in [6.07, 6.45) is 2.20. The fraction of sp³-hybridized carbons (Fsp3) is 1.00. The Balaban J connectivity index is 2.63. The normalized spacial score (nSPS) is 38.5. The van der Waals surface area contributed by atoms with Crippen LogP contribution in [0.3, 0.4) is 0 Å². The van der Waals surface area contributed by atoms with Crippen molar-refractivity contribution in [1.29, 1.82) is 0 Å². The van der Waals surface area contributed by atoms with Crippen molar-refractivity contribution < 1.29 is 4.21 Å². The van der Waals surface area contributed by atoms with E-state index in [1.165, 1.54) is 0 Å². The second kappa shape index (κ2) is 3.57. The van der Waals surface area contributed by atoms with Crippen molar-refractivity contribution in [2.45, 2.75) is 26.7 Å². The summed E-state index contributed by atoms with van der Waals surface area (Å²) in [5, 5.41) is 0. The van der Waals surface area contributed by atoms with Gasteiger partial charge in [0.25, 0.3) is 0 Å². The van der Waals surface area contributed by atoms with Crippen molar-refractivity contribution in [3.63, 3.8) is 0 Å². The minimum Gasteiger partial charge on any atom is -0.250 e. The largest absolute Gasteiger partial charge is 0.250 e. The maximum absolute atomic E-state index is 11.8. The average molecular weight is 175 g/mol. The van der Waals surface area contributed by atoms with Crippen LogP contribution in [0.5, 0.6) is 0 Å². The summed E-state index contributed by atoms with van der Waals surface area (Å²) in [5.74, 6) is 2.43. The molecule has 0 aromatic rings. The van der Waals surface area contributed by atoms with Crippen LogP contribution >= 0.6 is 0 Å². The van der Waals surface area contributed by atoms with Crippen molar-refractivity contribution in [2.75, 3.05) is 18.1 Å². The molecule has 0 aromatic heterocycles. The molecule has 1 rings (SSSR count). The van der Waals surface area contributed by atoms with E-state index in [1.807, 2.05) is 6.92 Å². The maximum Gasteiger partial charge on any atom is 0.0467 e. The van der Waals surface area contributed by atoms with Gasteiger partial charge in [0.2, 0.25) is 0 Å². The lowest BCUT2D eigenvalue weighted by molar-refractivity contribution is 0.523. The van der Waals surface area contributed by atoms with Crippen LogP contribution in [0.4, 0.5) is 0 Å². The second-order valence-corrected chi connectivity index (χ2v) is 5.93. The molecular formula is C8H17NOS. The van der Waals surface area contributed by atoms with Crippen LogP contribution < -0.4 is 0 Å². The van der Waals surface area contributed by atoms with E-state index in [2.05, 4.69) is 11.3 Å². The standard InChI is InChI=1S/C8H17NOS/c1-3-9-11(10)6-4-8(2)5-7-11/h8H,3-7H2,1-2H3. The Kier molecular flexibility index (Phi) is 2.93. The Morgan fingerprint density at radius 3 is 2.45 bits per heavy atom. The van der Waals surface area contributed by atoms with E-state index in [9.17, 15) is 4.21 Å². The van der Waals surface area contributed by atoms with Crippen LogP contribution in [0.25, 0.3) is 0 Å². The highest BCUT2D eigenvalue weighted by Gasteiger charge is 2.18. The summed E-state index contributed by atoms with van der Waals surface area (Å²) >= 11 is 0. The average Bonchev–Trinajstić information content (AvgIpc) is 1.97. The third-order valence-electron chi connectivity index (χ3n) is 2.22. The van der Waals surface area contributed by atoms with Gasteiger partial charge in [-0.25, -0.2) is 8.57 Å². The predicted molar refractivity (Wildman–Crippen MR) is 49.2 cm³/mol. The van der Waals surface area contributed by atoms with Crippen LogP contribution in [0.15, 0.2) is 4.36 Å². The molecule has 0 aliphatic carbocycles. The lowest BCUT2D eigenvalue weighted by atomic mass is 10.1. The van der Waals surface area contributed by atoms with Gasteiger partial charge in [0.05, 0.1) is 0 Å². The van der Waals surface area contributed by atoms with Crippen LogP contribution in [0.1, 0.15) is 26.7 Å². The third kappa shape index (κ3) is 2.47. The van der Waals surface area contributed by atoms with Gasteiger partial charge in [-0.3, -0.25) is 0 Å². The zero-order valence-corrected chi connectivity index (χ0v) is 8.19. The fourth-order valence-electron chi connectivity index (χ4n) is 1.38. The van der Waals surface area contributed by atoms with Crippen molar-refractivity contribution >= 4 is 9.73 Å². The van der Waals surface area contributed by atoms with Crippen molar-refractivity contribution in [3.8, 4) is 0 Å². The van der Waals surface area contributed by atoms with Gasteiger partial charge in [0.1, 0.15) is 0 Å². The van der Waals surface area contributed by atoms with Gasteiger partial charge >= 0.3 is 0 Å². The first-order chi connectivity index (χ1) is 5.16. The lowest BCUT2D eigenvalue weighted by Gasteiger charge is -2.20. The molecule has 1 fully saturated rings. The number of rotatable bonds is 1. The monoisotopic (exact) mass is 175 g/mol. The molecule has 0 amide bonds. The fourth-order valence-corrected chi connectivity index (χ4v) is 3.86. The summed E-state index contributed by atoms with van der Waals surface area (Å²) in [5.41, 5.74) is 0. The Morgan fingerprint density at radius 1 is 1.45 bits per heavy atom. The molecule has 0 aromatic carbocycles. The van der Waals surface area contributed by atoms with E-state index in [0.29, 0.717) is 6.54 Å². The third-order valence-corrected chi connectivity index (χ3v) is 4.70. The minimum absolute atomic E-state index is 0.715. The predicted octanol–water partition coefficient (Wildman–Crippen LogP) is 1.90. The second-order valence-electron chi connectivity index (χ2n) is 3.31. The number of nitrogens with zero attached hydrogens (tertiary/aromatic N) is 1. The van der Waals surface area contributed by atoms with Crippen molar-refractivity contribution in [3.05, 3.63) is 0 Å². The Labute approximate surface area is 69.6 Å². The molecular weight excluding hydrogens is 158 g/mol. The summed E-state index contributed by atoms with van der Waals surface area (Å²) in [6, 6.07) is 0. The molecule has 0 spiro atoms. The number of hydrogen-bond acceptors (Lipinski definition) is 2. The van der Waals surface area contributed by atoms with Crippen molar-refractivity contribution in [2.24, 2.45) is 10.3 Å². The number of hydrogen-bond donors (Lipinski definition) is 0. The van der Waals surface area contributed by atoms with E-state index in [-0.39, 0.29) is 0 Å². The molecule has 3 heteroatoms. The summed E-state index contributed by atoms with van der Waals surface area (Å²) in [7, 11) is -1.75. The van der Waals surface area contributed by atoms with Gasteiger partial charge in [-0.15, -0.1) is 0 Å². The highest BCUT2D eigenvalue weighted by Crippen LogP contribution is 2.19. The van der Waals surface area contributed by atoms with Crippen LogP contribution in [0, 0.1) is 5.92 Å². The molecule has 1 saturated heterocycles. The smallest absolute Gasteiger partial charge is 0.0467 e. The SMILES string of the molecule is CCN=S1(=O)CCC(C)CC1. The molecule has 0 bridgehead atoms. The molecule has 2 nitrogen and oxygen atoms in total. The maximum atomic E-state index is 11.8. The summed E-state index contributed by atoms with van der Waals surface area (Å²) < 4.78 is 16.0.